The molecule has 0 aromatic heterocycles. The van der Waals surface area contributed by atoms with Gasteiger partial charge in [0.25, 0.3) is 0 Å². The summed E-state index contributed by atoms with van der Waals surface area (Å²) in [7, 11) is 0. The number of hydrogen-bond donors (Lipinski definition) is 0. The second-order valence-electron chi connectivity index (χ2n) is 8.50. The largest absolute Gasteiger partial charge is 0.205 e. The molecule has 0 atom stereocenters. The molecule has 0 bridgehead atoms. The van der Waals surface area contributed by atoms with E-state index in [-0.39, 0.29) is 11.1 Å². The van der Waals surface area contributed by atoms with Gasteiger partial charge < -0.3 is 0 Å². The first-order valence-electron chi connectivity index (χ1n) is 11.0. The highest BCUT2D eigenvalue weighted by Crippen LogP contribution is 2.38. The summed E-state index contributed by atoms with van der Waals surface area (Å²) in [5, 5.41) is 0.755. The van der Waals surface area contributed by atoms with E-state index in [2.05, 4.69) is 24.5 Å². The normalized spacial score (nSPS) is 18.2. The molecule has 1 aliphatic carbocycles. The van der Waals surface area contributed by atoms with Crippen molar-refractivity contribution in [3.63, 3.8) is 0 Å². The van der Waals surface area contributed by atoms with E-state index in [0.717, 1.165) is 42.7 Å². The quantitative estimate of drug-likeness (QED) is 0.211. The molecule has 4 heteroatoms. The van der Waals surface area contributed by atoms with Crippen molar-refractivity contribution in [1.29, 1.82) is 0 Å². The average Bonchev–Trinajstić information content (AvgIpc) is 2.81. The third-order valence-corrected chi connectivity index (χ3v) is 6.76. The molecule has 0 unspecified atom stereocenters. The summed E-state index contributed by atoms with van der Waals surface area (Å²) in [6, 6.07) is 11.5. The third-order valence-electron chi connectivity index (χ3n) is 6.40. The monoisotopic (exact) mass is 452 g/mol. The molecule has 0 N–H and O–H groups in total. The molecule has 164 valence electrons. The first kappa shape index (κ1) is 22.5. The van der Waals surface area contributed by atoms with Crippen molar-refractivity contribution in [1.82, 2.24) is 0 Å². The third kappa shape index (κ3) is 4.87. The summed E-state index contributed by atoms with van der Waals surface area (Å²) in [6.45, 7) is 3.81. The van der Waals surface area contributed by atoms with Gasteiger partial charge in [-0.2, -0.15) is 0 Å². The van der Waals surface area contributed by atoms with Gasteiger partial charge in [-0.1, -0.05) is 53.8 Å². The lowest BCUT2D eigenvalue weighted by atomic mass is 9.77. The maximum atomic E-state index is 15.1. The molecular weight excluding hydrogens is 429 g/mol. The molecule has 1 aliphatic rings. The van der Waals surface area contributed by atoms with Crippen molar-refractivity contribution < 1.29 is 13.2 Å². The standard InChI is InChI=1S/C28H24ClF3/c1-2-3-4-18-5-8-20(9-6-18)22-13-14-24-23(17-22)12-11-21(28(24)32)10-7-19-15-25(30)27(29)26(31)16-19/h2,11-18,20H,1,3-6,8-9H2. The summed E-state index contributed by atoms with van der Waals surface area (Å²) < 4.78 is 42.3. The van der Waals surface area contributed by atoms with E-state index in [4.69, 9.17) is 11.6 Å². The summed E-state index contributed by atoms with van der Waals surface area (Å²) in [5.41, 5.74) is 1.54. The Labute approximate surface area is 192 Å². The van der Waals surface area contributed by atoms with Crippen LogP contribution in [0.1, 0.15) is 61.1 Å². The van der Waals surface area contributed by atoms with Crippen LogP contribution < -0.4 is 0 Å². The smallest absolute Gasteiger partial charge is 0.146 e. The van der Waals surface area contributed by atoms with Gasteiger partial charge in [0.05, 0.1) is 5.56 Å². The maximum absolute atomic E-state index is 15.1. The van der Waals surface area contributed by atoms with Crippen molar-refractivity contribution in [2.45, 2.75) is 44.4 Å². The molecular formula is C28H24ClF3. The maximum Gasteiger partial charge on any atom is 0.146 e. The van der Waals surface area contributed by atoms with Gasteiger partial charge in [-0.15, -0.1) is 6.58 Å². The fourth-order valence-electron chi connectivity index (χ4n) is 4.57. The summed E-state index contributed by atoms with van der Waals surface area (Å²) in [5.74, 6) is 4.39. The Morgan fingerprint density at radius 3 is 2.34 bits per heavy atom. The number of halogens is 4. The van der Waals surface area contributed by atoms with E-state index in [1.54, 1.807) is 6.07 Å². The highest BCUT2D eigenvalue weighted by Gasteiger charge is 2.22. The molecule has 0 aliphatic heterocycles. The second kappa shape index (κ2) is 9.84. The molecule has 0 radical (unpaired) electrons. The van der Waals surface area contributed by atoms with E-state index in [1.807, 2.05) is 24.3 Å². The van der Waals surface area contributed by atoms with Gasteiger partial charge in [0.2, 0.25) is 0 Å². The SMILES string of the molecule is C=CCCC1CCC(c2ccc3c(F)c(C#Cc4cc(F)c(Cl)c(F)c4)ccc3c2)CC1. The highest BCUT2D eigenvalue weighted by molar-refractivity contribution is 6.30. The molecule has 32 heavy (non-hydrogen) atoms. The average molecular weight is 453 g/mol. The summed E-state index contributed by atoms with van der Waals surface area (Å²) in [4.78, 5) is 0. The van der Waals surface area contributed by atoms with Gasteiger partial charge in [-0.05, 0) is 79.5 Å². The van der Waals surface area contributed by atoms with Gasteiger partial charge in [-0.25, -0.2) is 13.2 Å². The molecule has 3 aromatic rings. The number of allylic oxidation sites excluding steroid dienone is 1. The molecule has 0 amide bonds. The van der Waals surface area contributed by atoms with E-state index in [1.165, 1.54) is 24.8 Å². The minimum Gasteiger partial charge on any atom is -0.205 e. The lowest BCUT2D eigenvalue weighted by molar-refractivity contribution is 0.312. The van der Waals surface area contributed by atoms with E-state index in [0.29, 0.717) is 11.3 Å². The Bertz CT molecular complexity index is 1190. The van der Waals surface area contributed by atoms with Crippen molar-refractivity contribution in [2.24, 2.45) is 5.92 Å². The van der Waals surface area contributed by atoms with Gasteiger partial charge in [0.1, 0.15) is 22.5 Å². The van der Waals surface area contributed by atoms with Crippen LogP contribution >= 0.6 is 11.6 Å². The predicted molar refractivity (Wildman–Crippen MR) is 125 cm³/mol. The van der Waals surface area contributed by atoms with Crippen LogP contribution in [0.3, 0.4) is 0 Å². The van der Waals surface area contributed by atoms with E-state index >= 15 is 4.39 Å². The van der Waals surface area contributed by atoms with Gasteiger partial charge in [0, 0.05) is 10.9 Å². The first-order chi connectivity index (χ1) is 15.5. The summed E-state index contributed by atoms with van der Waals surface area (Å²) in [6.07, 6.45) is 9.07. The minimum atomic E-state index is -0.891. The van der Waals surface area contributed by atoms with Crippen LogP contribution in [0, 0.1) is 35.2 Å². The minimum absolute atomic E-state index is 0.0999. The Kier molecular flexibility index (Phi) is 6.92. The van der Waals surface area contributed by atoms with Crippen LogP contribution in [0.4, 0.5) is 13.2 Å². The number of benzene rings is 3. The molecule has 1 fully saturated rings. The Hall–Kier alpha value is -2.70. The highest BCUT2D eigenvalue weighted by atomic mass is 35.5. The van der Waals surface area contributed by atoms with Crippen LogP contribution in [-0.4, -0.2) is 0 Å². The lowest BCUT2D eigenvalue weighted by Crippen LogP contribution is -2.13. The molecule has 0 saturated heterocycles. The molecule has 0 spiro atoms. The van der Waals surface area contributed by atoms with Gasteiger partial charge >= 0.3 is 0 Å². The fraction of sp³-hybridized carbons (Fsp3) is 0.286. The van der Waals surface area contributed by atoms with Gasteiger partial charge in [-0.3, -0.25) is 0 Å². The lowest BCUT2D eigenvalue weighted by Gasteiger charge is -2.28. The zero-order chi connectivity index (χ0) is 22.7. The topological polar surface area (TPSA) is 0 Å². The second-order valence-corrected chi connectivity index (χ2v) is 8.87. The van der Waals surface area contributed by atoms with Crippen LogP contribution in [0.5, 0.6) is 0 Å². The van der Waals surface area contributed by atoms with E-state index in [9.17, 15) is 8.78 Å². The molecule has 3 aromatic carbocycles. The zero-order valence-electron chi connectivity index (χ0n) is 17.7. The van der Waals surface area contributed by atoms with Crippen molar-refractivity contribution >= 4 is 22.4 Å². The summed E-state index contributed by atoms with van der Waals surface area (Å²) >= 11 is 5.49. The molecule has 0 nitrogen and oxygen atoms in total. The van der Waals surface area contributed by atoms with Crippen LogP contribution in [0.2, 0.25) is 5.02 Å². The number of rotatable bonds is 4. The van der Waals surface area contributed by atoms with E-state index < -0.39 is 22.5 Å². The number of fused-ring (bicyclic) bond motifs is 1. The fourth-order valence-corrected chi connectivity index (χ4v) is 4.68. The Morgan fingerprint density at radius 2 is 1.66 bits per heavy atom. The molecule has 4 rings (SSSR count). The zero-order valence-corrected chi connectivity index (χ0v) is 18.5. The Morgan fingerprint density at radius 1 is 0.938 bits per heavy atom. The number of hydrogen-bond acceptors (Lipinski definition) is 0. The van der Waals surface area contributed by atoms with Crippen LogP contribution in [0.25, 0.3) is 10.8 Å². The van der Waals surface area contributed by atoms with Crippen molar-refractivity contribution in [3.05, 3.63) is 94.3 Å². The molecule has 0 heterocycles. The van der Waals surface area contributed by atoms with Gasteiger partial charge in [0.15, 0.2) is 0 Å². The van der Waals surface area contributed by atoms with Crippen LogP contribution in [0.15, 0.2) is 55.1 Å². The Balaban J connectivity index is 1.54. The van der Waals surface area contributed by atoms with Crippen molar-refractivity contribution in [2.75, 3.05) is 0 Å². The first-order valence-corrected chi connectivity index (χ1v) is 11.3. The van der Waals surface area contributed by atoms with Crippen LogP contribution in [-0.2, 0) is 0 Å². The predicted octanol–water partition coefficient (Wildman–Crippen LogP) is 8.55. The van der Waals surface area contributed by atoms with Crippen molar-refractivity contribution in [3.8, 4) is 11.8 Å². The molecule has 1 saturated carbocycles.